The summed E-state index contributed by atoms with van der Waals surface area (Å²) in [6.07, 6.45) is -5.38. The summed E-state index contributed by atoms with van der Waals surface area (Å²) in [5.41, 5.74) is -0.701. The molecule has 1 aromatic rings. The second kappa shape index (κ2) is 5.51. The summed E-state index contributed by atoms with van der Waals surface area (Å²) < 4.78 is 37.8. The van der Waals surface area contributed by atoms with Gasteiger partial charge < -0.3 is 10.4 Å². The Kier molecular flexibility index (Phi) is 4.63. The molecule has 0 spiro atoms. The predicted molar refractivity (Wildman–Crippen MR) is 68.8 cm³/mol. The van der Waals surface area contributed by atoms with E-state index in [1.54, 1.807) is 6.92 Å². The first kappa shape index (κ1) is 16.0. The molecule has 0 fully saturated rings. The first-order valence-corrected chi connectivity index (χ1v) is 6.13. The van der Waals surface area contributed by atoms with Crippen LogP contribution in [0.15, 0.2) is 24.3 Å². The minimum atomic E-state index is -4.39. The van der Waals surface area contributed by atoms with Crippen LogP contribution < -0.4 is 5.32 Å². The second-order valence-electron chi connectivity index (χ2n) is 5.75. The standard InChI is InChI=1S/C14H20F3NO/c1-9(18-13(2,3)4)12(19)10-6-5-7-11(8-10)14(15,16)17/h5-9,12,18-19H,1-4H3. The van der Waals surface area contributed by atoms with Crippen LogP contribution in [0.4, 0.5) is 13.2 Å². The molecule has 1 rings (SSSR count). The van der Waals surface area contributed by atoms with Crippen molar-refractivity contribution in [3.8, 4) is 0 Å². The smallest absolute Gasteiger partial charge is 0.387 e. The molecule has 1 aromatic carbocycles. The largest absolute Gasteiger partial charge is 0.416 e. The fourth-order valence-corrected chi connectivity index (χ4v) is 1.95. The zero-order chi connectivity index (χ0) is 14.8. The van der Waals surface area contributed by atoms with Crippen molar-refractivity contribution >= 4 is 0 Å². The van der Waals surface area contributed by atoms with Crippen molar-refractivity contribution in [2.75, 3.05) is 0 Å². The number of halogens is 3. The summed E-state index contributed by atoms with van der Waals surface area (Å²) in [7, 11) is 0. The van der Waals surface area contributed by atoms with Crippen molar-refractivity contribution in [3.05, 3.63) is 35.4 Å². The van der Waals surface area contributed by atoms with Crippen LogP contribution >= 0.6 is 0 Å². The average molecular weight is 275 g/mol. The van der Waals surface area contributed by atoms with Gasteiger partial charge >= 0.3 is 6.18 Å². The summed E-state index contributed by atoms with van der Waals surface area (Å²) in [5, 5.41) is 13.3. The first-order valence-electron chi connectivity index (χ1n) is 6.13. The quantitative estimate of drug-likeness (QED) is 0.884. The van der Waals surface area contributed by atoms with Crippen LogP contribution in [0.3, 0.4) is 0 Å². The second-order valence-corrected chi connectivity index (χ2v) is 5.75. The van der Waals surface area contributed by atoms with E-state index in [2.05, 4.69) is 5.32 Å². The molecule has 2 unspecified atom stereocenters. The number of aliphatic hydroxyl groups excluding tert-OH is 1. The number of hydrogen-bond acceptors (Lipinski definition) is 2. The van der Waals surface area contributed by atoms with Gasteiger partial charge in [-0.25, -0.2) is 0 Å². The van der Waals surface area contributed by atoms with Gasteiger partial charge in [-0.05, 0) is 45.4 Å². The van der Waals surface area contributed by atoms with Crippen molar-refractivity contribution < 1.29 is 18.3 Å². The molecular formula is C14H20F3NO. The molecule has 108 valence electrons. The number of alkyl halides is 3. The Bertz CT molecular complexity index is 423. The van der Waals surface area contributed by atoms with Crippen molar-refractivity contribution in [1.29, 1.82) is 0 Å². The molecule has 0 saturated carbocycles. The lowest BCUT2D eigenvalue weighted by Gasteiger charge is -2.29. The third-order valence-electron chi connectivity index (χ3n) is 2.69. The van der Waals surface area contributed by atoms with Gasteiger partial charge in [0.05, 0.1) is 11.7 Å². The third-order valence-corrected chi connectivity index (χ3v) is 2.69. The van der Waals surface area contributed by atoms with Gasteiger partial charge in [0.1, 0.15) is 0 Å². The fourth-order valence-electron chi connectivity index (χ4n) is 1.95. The van der Waals surface area contributed by atoms with E-state index < -0.39 is 17.8 Å². The maximum absolute atomic E-state index is 12.6. The number of aliphatic hydroxyl groups is 1. The highest BCUT2D eigenvalue weighted by Gasteiger charge is 2.31. The minimum absolute atomic E-state index is 0.220. The van der Waals surface area contributed by atoms with Gasteiger partial charge in [-0.3, -0.25) is 0 Å². The molecule has 0 aliphatic carbocycles. The van der Waals surface area contributed by atoms with E-state index in [1.165, 1.54) is 12.1 Å². The summed E-state index contributed by atoms with van der Waals surface area (Å²) in [6.45, 7) is 7.54. The van der Waals surface area contributed by atoms with Crippen LogP contribution in [0.25, 0.3) is 0 Å². The molecular weight excluding hydrogens is 255 g/mol. The first-order chi connectivity index (χ1) is 8.50. The highest BCUT2D eigenvalue weighted by molar-refractivity contribution is 5.28. The lowest BCUT2D eigenvalue weighted by atomic mass is 9.98. The van der Waals surface area contributed by atoms with E-state index in [1.807, 2.05) is 20.8 Å². The van der Waals surface area contributed by atoms with Gasteiger partial charge in [-0.2, -0.15) is 13.2 Å². The summed E-state index contributed by atoms with van der Waals surface area (Å²) in [5.74, 6) is 0. The topological polar surface area (TPSA) is 32.3 Å². The van der Waals surface area contributed by atoms with Crippen LogP contribution in [0.2, 0.25) is 0 Å². The summed E-state index contributed by atoms with van der Waals surface area (Å²) in [4.78, 5) is 0. The molecule has 0 aliphatic heterocycles. The number of rotatable bonds is 3. The molecule has 0 saturated heterocycles. The van der Waals surface area contributed by atoms with E-state index in [0.29, 0.717) is 0 Å². The Hall–Kier alpha value is -1.07. The molecule has 19 heavy (non-hydrogen) atoms. The Morgan fingerprint density at radius 1 is 1.16 bits per heavy atom. The zero-order valence-corrected chi connectivity index (χ0v) is 11.5. The van der Waals surface area contributed by atoms with Crippen molar-refractivity contribution in [2.24, 2.45) is 0 Å². The van der Waals surface area contributed by atoms with E-state index >= 15 is 0 Å². The molecule has 0 bridgehead atoms. The lowest BCUT2D eigenvalue weighted by Crippen LogP contribution is -2.45. The number of benzene rings is 1. The average Bonchev–Trinajstić information content (AvgIpc) is 2.24. The molecule has 0 amide bonds. The maximum Gasteiger partial charge on any atom is 0.416 e. The third kappa shape index (κ3) is 4.84. The summed E-state index contributed by atoms with van der Waals surface area (Å²) >= 11 is 0. The SMILES string of the molecule is CC(NC(C)(C)C)C(O)c1cccc(C(F)(F)F)c1. The number of hydrogen-bond donors (Lipinski definition) is 2. The molecule has 2 N–H and O–H groups in total. The maximum atomic E-state index is 12.6. The molecule has 0 heterocycles. The molecule has 0 aliphatic rings. The Morgan fingerprint density at radius 2 is 1.74 bits per heavy atom. The lowest BCUT2D eigenvalue weighted by molar-refractivity contribution is -0.137. The van der Waals surface area contributed by atoms with Crippen LogP contribution in [0.5, 0.6) is 0 Å². The highest BCUT2D eigenvalue weighted by Crippen LogP contribution is 2.31. The van der Waals surface area contributed by atoms with Crippen LogP contribution in [-0.2, 0) is 6.18 Å². The Labute approximate surface area is 111 Å². The predicted octanol–water partition coefficient (Wildman–Crippen LogP) is 3.52. The number of nitrogens with one attached hydrogen (secondary N) is 1. The molecule has 0 aromatic heterocycles. The Balaban J connectivity index is 2.91. The van der Waals surface area contributed by atoms with Crippen LogP contribution in [0.1, 0.15) is 44.9 Å². The molecule has 5 heteroatoms. The fraction of sp³-hybridized carbons (Fsp3) is 0.571. The summed E-state index contributed by atoms with van der Waals surface area (Å²) in [6, 6.07) is 4.46. The van der Waals surface area contributed by atoms with Crippen molar-refractivity contribution in [2.45, 2.75) is 51.6 Å². The van der Waals surface area contributed by atoms with Gasteiger partial charge in [0.2, 0.25) is 0 Å². The van der Waals surface area contributed by atoms with E-state index in [9.17, 15) is 18.3 Å². The van der Waals surface area contributed by atoms with Gasteiger partial charge in [-0.15, -0.1) is 0 Å². The van der Waals surface area contributed by atoms with Gasteiger partial charge in [0.25, 0.3) is 0 Å². The zero-order valence-electron chi connectivity index (χ0n) is 11.5. The minimum Gasteiger partial charge on any atom is -0.387 e. The van der Waals surface area contributed by atoms with Crippen LogP contribution in [-0.4, -0.2) is 16.7 Å². The van der Waals surface area contributed by atoms with Crippen LogP contribution in [0, 0.1) is 0 Å². The van der Waals surface area contributed by atoms with Gasteiger partial charge in [0.15, 0.2) is 0 Å². The molecule has 2 nitrogen and oxygen atoms in total. The van der Waals surface area contributed by atoms with Gasteiger partial charge in [-0.1, -0.05) is 12.1 Å². The highest BCUT2D eigenvalue weighted by atomic mass is 19.4. The van der Waals surface area contributed by atoms with Crippen molar-refractivity contribution in [3.63, 3.8) is 0 Å². The van der Waals surface area contributed by atoms with Crippen molar-refractivity contribution in [1.82, 2.24) is 5.32 Å². The Morgan fingerprint density at radius 3 is 2.21 bits per heavy atom. The van der Waals surface area contributed by atoms with E-state index in [0.717, 1.165) is 12.1 Å². The van der Waals surface area contributed by atoms with E-state index in [-0.39, 0.29) is 17.1 Å². The van der Waals surface area contributed by atoms with Gasteiger partial charge in [0, 0.05) is 11.6 Å². The molecule has 2 atom stereocenters. The monoisotopic (exact) mass is 275 g/mol. The van der Waals surface area contributed by atoms with E-state index in [4.69, 9.17) is 0 Å². The normalized spacial score (nSPS) is 16.2. The molecule has 0 radical (unpaired) electrons.